The zero-order valence-corrected chi connectivity index (χ0v) is 28.8. The molecule has 0 aliphatic heterocycles. The molecule has 2 amide bonds. The Bertz CT molecular complexity index is 2200. The van der Waals surface area contributed by atoms with Gasteiger partial charge in [0.15, 0.2) is 6.61 Å². The lowest BCUT2D eigenvalue weighted by Crippen LogP contribution is -2.54. The molecule has 1 fully saturated rings. The topological polar surface area (TPSA) is 210 Å². The van der Waals surface area contributed by atoms with Gasteiger partial charge in [-0.05, 0) is 78.4 Å². The molecule has 1 aromatic heterocycles. The molecule has 1 saturated carbocycles. The zero-order valence-electron chi connectivity index (χ0n) is 28.8. The van der Waals surface area contributed by atoms with Crippen LogP contribution < -0.4 is 26.2 Å². The normalized spacial score (nSPS) is 16.9. The molecule has 8 N–H and O–H groups in total. The van der Waals surface area contributed by atoms with E-state index in [9.17, 15) is 39.6 Å². The van der Waals surface area contributed by atoms with E-state index >= 15 is 0 Å². The number of carbonyl (C=O) groups is 3. The van der Waals surface area contributed by atoms with Gasteiger partial charge in [-0.15, -0.1) is 0 Å². The van der Waals surface area contributed by atoms with Crippen LogP contribution in [0.3, 0.4) is 0 Å². The Morgan fingerprint density at radius 1 is 0.906 bits per heavy atom. The summed E-state index contributed by atoms with van der Waals surface area (Å²) in [6, 6.07) is 25.1. The number of aromatic hydroxyl groups is 1. The third-order valence-corrected chi connectivity index (χ3v) is 9.48. The molecule has 1 aliphatic rings. The number of amides is 2. The lowest BCUT2D eigenvalue weighted by molar-refractivity contribution is -0.155. The first kappa shape index (κ1) is 36.8. The summed E-state index contributed by atoms with van der Waals surface area (Å²) in [4.78, 5) is 52.0. The molecule has 5 aromatic rings. The van der Waals surface area contributed by atoms with Gasteiger partial charge in [0, 0.05) is 47.8 Å². The van der Waals surface area contributed by atoms with Gasteiger partial charge in [0.05, 0.1) is 11.6 Å². The molecule has 0 spiro atoms. The number of H-pyrrole nitrogens is 1. The Kier molecular flexibility index (Phi) is 10.9. The van der Waals surface area contributed by atoms with Crippen LogP contribution >= 0.6 is 0 Å². The summed E-state index contributed by atoms with van der Waals surface area (Å²) in [6.45, 7) is 2.24. The number of ether oxygens (including phenoxy) is 1. The highest BCUT2D eigenvalue weighted by Gasteiger charge is 2.40. The van der Waals surface area contributed by atoms with Crippen molar-refractivity contribution in [1.82, 2.24) is 20.9 Å². The molecule has 53 heavy (non-hydrogen) atoms. The summed E-state index contributed by atoms with van der Waals surface area (Å²) in [7, 11) is 0. The highest BCUT2D eigenvalue weighted by Crippen LogP contribution is 2.32. The van der Waals surface area contributed by atoms with Gasteiger partial charge in [-0.25, -0.2) is 4.79 Å². The largest absolute Gasteiger partial charge is 0.506 e. The van der Waals surface area contributed by atoms with Crippen LogP contribution in [0.2, 0.25) is 0 Å². The van der Waals surface area contributed by atoms with Gasteiger partial charge in [-0.2, -0.15) is 0 Å². The number of phenolic OH excluding ortho intramolecular Hbond substituents is 1. The molecule has 1 aliphatic carbocycles. The van der Waals surface area contributed by atoms with Crippen molar-refractivity contribution in [2.45, 2.75) is 50.1 Å². The Balaban J connectivity index is 0.938. The molecule has 13 heteroatoms. The van der Waals surface area contributed by atoms with Crippen LogP contribution in [0.4, 0.5) is 0 Å². The van der Waals surface area contributed by atoms with E-state index in [1.807, 2.05) is 13.0 Å². The number of aromatic nitrogens is 1. The standard InChI is InChI=1S/C40H40N4O9/c1-23-16-24(10-11-25(23)20-41-21-34(46)31-12-14-33(45)37-32(31)13-15-35(47)44-37)38(49)43-29-18-28(19-29)42-36(48)22-53-30-9-5-8-27(17-30)40(52,39(50)51)26-6-3-2-4-7-26/h2-17,28-29,34,41,45-46,52H,18-22H2,1H3,(H,42,48)(H,43,49)(H,44,47)(H,50,51)/t28?,29?,34-,40-/m0/s1. The molecule has 0 radical (unpaired) electrons. The highest BCUT2D eigenvalue weighted by atomic mass is 16.5. The fourth-order valence-electron chi connectivity index (χ4n) is 6.48. The van der Waals surface area contributed by atoms with Crippen LogP contribution in [0.5, 0.6) is 11.5 Å². The van der Waals surface area contributed by atoms with Gasteiger partial charge in [0.25, 0.3) is 11.8 Å². The predicted octanol–water partition coefficient (Wildman–Crippen LogP) is 3.14. The number of carboxylic acids is 1. The number of hydrogen-bond donors (Lipinski definition) is 8. The average Bonchev–Trinajstić information content (AvgIpc) is 3.14. The maximum Gasteiger partial charge on any atom is 0.345 e. The Morgan fingerprint density at radius 2 is 1.64 bits per heavy atom. The van der Waals surface area contributed by atoms with E-state index in [1.165, 1.54) is 36.4 Å². The summed E-state index contributed by atoms with van der Waals surface area (Å²) in [6.07, 6.45) is 0.195. The number of aromatic amines is 1. The summed E-state index contributed by atoms with van der Waals surface area (Å²) in [5.41, 5.74) is 0.801. The third-order valence-electron chi connectivity index (χ3n) is 9.48. The van der Waals surface area contributed by atoms with E-state index in [1.54, 1.807) is 54.6 Å². The second-order valence-electron chi connectivity index (χ2n) is 13.2. The zero-order chi connectivity index (χ0) is 37.7. The SMILES string of the molecule is Cc1cc(C(=O)NC2CC(NC(=O)COc3cccc([C@](O)(C(=O)O)c4ccccc4)c3)C2)ccc1CNC[C@H](O)c1ccc(O)c2[nH]c(=O)ccc12. The fraction of sp³-hybridized carbons (Fsp3) is 0.250. The quantitative estimate of drug-likeness (QED) is 0.0840. The number of nitrogens with one attached hydrogen (secondary N) is 4. The van der Waals surface area contributed by atoms with Crippen molar-refractivity contribution >= 4 is 28.7 Å². The minimum atomic E-state index is -2.30. The number of fused-ring (bicyclic) bond motifs is 1. The summed E-state index contributed by atoms with van der Waals surface area (Å²) in [5.74, 6) is -1.89. The second-order valence-corrected chi connectivity index (χ2v) is 13.2. The molecule has 2 atom stereocenters. The minimum Gasteiger partial charge on any atom is -0.506 e. The van der Waals surface area contributed by atoms with Crippen molar-refractivity contribution in [2.75, 3.05) is 13.2 Å². The number of aliphatic hydroxyl groups excluding tert-OH is 1. The van der Waals surface area contributed by atoms with E-state index in [0.717, 1.165) is 11.1 Å². The van der Waals surface area contributed by atoms with Gasteiger partial charge in [0.2, 0.25) is 11.2 Å². The van der Waals surface area contributed by atoms with Crippen LogP contribution in [0.1, 0.15) is 57.1 Å². The number of phenols is 1. The fourth-order valence-corrected chi connectivity index (χ4v) is 6.48. The number of pyridine rings is 1. The van der Waals surface area contributed by atoms with Crippen molar-refractivity contribution < 1.29 is 39.5 Å². The van der Waals surface area contributed by atoms with Crippen LogP contribution in [0.25, 0.3) is 10.9 Å². The Hall–Kier alpha value is -6.02. The van der Waals surface area contributed by atoms with Gasteiger partial charge >= 0.3 is 5.97 Å². The second kappa shape index (κ2) is 15.7. The lowest BCUT2D eigenvalue weighted by Gasteiger charge is -2.36. The maximum absolute atomic E-state index is 13.0. The molecular weight excluding hydrogens is 680 g/mol. The van der Waals surface area contributed by atoms with Crippen molar-refractivity contribution in [3.63, 3.8) is 0 Å². The number of aliphatic hydroxyl groups is 2. The van der Waals surface area contributed by atoms with Crippen molar-refractivity contribution in [2.24, 2.45) is 0 Å². The van der Waals surface area contributed by atoms with Crippen molar-refractivity contribution in [1.29, 1.82) is 0 Å². The molecule has 274 valence electrons. The van der Waals surface area contributed by atoms with Crippen LogP contribution in [0, 0.1) is 6.92 Å². The maximum atomic E-state index is 13.0. The first-order valence-corrected chi connectivity index (χ1v) is 17.1. The number of carbonyl (C=O) groups excluding carboxylic acids is 2. The molecule has 0 bridgehead atoms. The van der Waals surface area contributed by atoms with E-state index in [0.29, 0.717) is 35.9 Å². The van der Waals surface area contributed by atoms with Gasteiger partial charge in [-0.1, -0.05) is 54.6 Å². The van der Waals surface area contributed by atoms with Gasteiger partial charge in [-0.3, -0.25) is 14.4 Å². The molecule has 13 nitrogen and oxygen atoms in total. The predicted molar refractivity (Wildman–Crippen MR) is 196 cm³/mol. The molecular formula is C40H40N4O9. The van der Waals surface area contributed by atoms with Crippen LogP contribution in [-0.4, -0.2) is 68.4 Å². The van der Waals surface area contributed by atoms with E-state index in [4.69, 9.17) is 4.74 Å². The average molecular weight is 721 g/mol. The number of carboxylic acid groups (broad SMARTS) is 1. The highest BCUT2D eigenvalue weighted by molar-refractivity contribution is 5.94. The first-order chi connectivity index (χ1) is 25.4. The van der Waals surface area contributed by atoms with Gasteiger partial charge < -0.3 is 46.1 Å². The van der Waals surface area contributed by atoms with Gasteiger partial charge in [0.1, 0.15) is 11.5 Å². The lowest BCUT2D eigenvalue weighted by atomic mass is 9.86. The van der Waals surface area contributed by atoms with E-state index in [-0.39, 0.29) is 70.8 Å². The number of aliphatic carboxylic acids is 1. The van der Waals surface area contributed by atoms with Crippen molar-refractivity contribution in [3.8, 4) is 11.5 Å². The molecule has 0 saturated heterocycles. The van der Waals surface area contributed by atoms with Crippen LogP contribution in [0.15, 0.2) is 102 Å². The monoisotopic (exact) mass is 720 g/mol. The van der Waals surface area contributed by atoms with E-state index in [2.05, 4.69) is 20.9 Å². The summed E-state index contributed by atoms with van der Waals surface area (Å²) in [5, 5.41) is 51.6. The Labute approximate surface area is 304 Å². The molecule has 0 unspecified atom stereocenters. The summed E-state index contributed by atoms with van der Waals surface area (Å²) < 4.78 is 5.62. The van der Waals surface area contributed by atoms with E-state index < -0.39 is 17.7 Å². The first-order valence-electron chi connectivity index (χ1n) is 17.1. The van der Waals surface area contributed by atoms with Crippen molar-refractivity contribution in [3.05, 3.63) is 141 Å². The smallest absolute Gasteiger partial charge is 0.345 e. The number of benzene rings is 4. The third kappa shape index (κ3) is 8.23. The molecule has 1 heterocycles. The van der Waals surface area contributed by atoms with Crippen LogP contribution in [-0.2, 0) is 21.7 Å². The summed E-state index contributed by atoms with van der Waals surface area (Å²) >= 11 is 0. The Morgan fingerprint density at radius 3 is 2.38 bits per heavy atom. The molecule has 6 rings (SSSR count). The number of hydrogen-bond acceptors (Lipinski definition) is 9. The number of rotatable bonds is 14. The number of aryl methyl sites for hydroxylation is 1. The molecule has 4 aromatic carbocycles. The minimum absolute atomic E-state index is 0.0762.